The summed E-state index contributed by atoms with van der Waals surface area (Å²) in [6.45, 7) is 3.88. The van der Waals surface area contributed by atoms with Crippen LogP contribution in [-0.4, -0.2) is 34.1 Å². The number of thiophene rings is 1. The number of nitrogens with one attached hydrogen (secondary N) is 1. The van der Waals surface area contributed by atoms with Gasteiger partial charge in [-0.25, -0.2) is 0 Å². The van der Waals surface area contributed by atoms with Crippen LogP contribution < -0.4 is 5.56 Å². The van der Waals surface area contributed by atoms with Crippen molar-refractivity contribution >= 4 is 33.8 Å². The fourth-order valence-electron chi connectivity index (χ4n) is 2.42. The van der Waals surface area contributed by atoms with E-state index in [4.69, 9.17) is 12.2 Å². The Labute approximate surface area is 114 Å². The Bertz CT molecular complexity index is 664. The maximum atomic E-state index is 12.3. The van der Waals surface area contributed by atoms with Gasteiger partial charge >= 0.3 is 0 Å². The molecule has 1 N–H and O–H groups in total. The fourth-order valence-corrected chi connectivity index (χ4v) is 3.50. The largest absolute Gasteiger partial charge is 0.331 e. The minimum absolute atomic E-state index is 0.0444. The third kappa shape index (κ3) is 2.15. The van der Waals surface area contributed by atoms with Crippen molar-refractivity contribution in [1.82, 2.24) is 14.5 Å². The normalized spacial score (nSPS) is 16.7. The number of rotatable bonds is 3. The molecule has 18 heavy (non-hydrogen) atoms. The number of nitrogens with zero attached hydrogens (tertiary/aromatic N) is 2. The predicted molar refractivity (Wildman–Crippen MR) is 76.9 cm³/mol. The van der Waals surface area contributed by atoms with Gasteiger partial charge in [0.15, 0.2) is 4.77 Å². The summed E-state index contributed by atoms with van der Waals surface area (Å²) in [6.07, 6.45) is 2.54. The van der Waals surface area contributed by atoms with Crippen LogP contribution in [0.25, 0.3) is 10.2 Å². The molecule has 0 atom stereocenters. The van der Waals surface area contributed by atoms with E-state index in [0.717, 1.165) is 29.9 Å². The standard InChI is InChI=1S/C12H15N3OS2/c16-11-10-9(3-8-18-10)13-12(17)15(11)7-6-14-4-1-2-5-14/h3,8H,1-2,4-7H2,(H,13,17). The first-order valence-electron chi connectivity index (χ1n) is 6.18. The van der Waals surface area contributed by atoms with Crippen LogP contribution in [0.2, 0.25) is 0 Å². The number of fused-ring (bicyclic) bond motifs is 1. The van der Waals surface area contributed by atoms with Crippen LogP contribution in [0, 0.1) is 4.77 Å². The highest BCUT2D eigenvalue weighted by molar-refractivity contribution is 7.71. The molecule has 0 amide bonds. The van der Waals surface area contributed by atoms with Crippen molar-refractivity contribution < 1.29 is 0 Å². The second-order valence-corrected chi connectivity index (χ2v) is 5.90. The molecule has 0 unspecified atom stereocenters. The lowest BCUT2D eigenvalue weighted by atomic mass is 10.4. The van der Waals surface area contributed by atoms with Crippen LogP contribution in [-0.2, 0) is 6.54 Å². The van der Waals surface area contributed by atoms with Gasteiger partial charge in [0.2, 0.25) is 0 Å². The van der Waals surface area contributed by atoms with E-state index in [1.165, 1.54) is 24.2 Å². The molecule has 3 heterocycles. The zero-order valence-corrected chi connectivity index (χ0v) is 11.6. The van der Waals surface area contributed by atoms with Crippen molar-refractivity contribution in [3.8, 4) is 0 Å². The van der Waals surface area contributed by atoms with E-state index in [9.17, 15) is 4.79 Å². The van der Waals surface area contributed by atoms with Crippen LogP contribution >= 0.6 is 23.6 Å². The summed E-state index contributed by atoms with van der Waals surface area (Å²) in [5, 5.41) is 1.92. The molecule has 3 rings (SSSR count). The average molecular weight is 281 g/mol. The summed E-state index contributed by atoms with van der Waals surface area (Å²) >= 11 is 6.74. The average Bonchev–Trinajstić information content (AvgIpc) is 2.98. The number of aromatic nitrogens is 2. The van der Waals surface area contributed by atoms with Gasteiger partial charge in [-0.3, -0.25) is 9.36 Å². The Kier molecular flexibility index (Phi) is 3.32. The smallest absolute Gasteiger partial charge is 0.272 e. The molecule has 0 saturated carbocycles. The molecule has 2 aromatic rings. The Hall–Kier alpha value is -0.980. The molecule has 1 saturated heterocycles. The van der Waals surface area contributed by atoms with Gasteiger partial charge in [-0.2, -0.15) is 0 Å². The predicted octanol–water partition coefficient (Wildman–Crippen LogP) is 2.22. The van der Waals surface area contributed by atoms with Crippen molar-refractivity contribution in [2.45, 2.75) is 19.4 Å². The molecule has 96 valence electrons. The fraction of sp³-hybridized carbons (Fsp3) is 0.500. The summed E-state index contributed by atoms with van der Waals surface area (Å²) in [5.74, 6) is 0. The Balaban J connectivity index is 1.90. The van der Waals surface area contributed by atoms with Crippen molar-refractivity contribution in [1.29, 1.82) is 0 Å². The first-order chi connectivity index (χ1) is 8.75. The van der Waals surface area contributed by atoms with E-state index < -0.39 is 0 Å². The lowest BCUT2D eigenvalue weighted by Crippen LogP contribution is -2.29. The Morgan fingerprint density at radius 1 is 1.33 bits per heavy atom. The molecule has 1 aliphatic heterocycles. The maximum absolute atomic E-state index is 12.3. The van der Waals surface area contributed by atoms with E-state index in [0.29, 0.717) is 11.3 Å². The molecule has 4 nitrogen and oxygen atoms in total. The van der Waals surface area contributed by atoms with E-state index in [-0.39, 0.29) is 5.56 Å². The minimum Gasteiger partial charge on any atom is -0.331 e. The molecule has 0 radical (unpaired) electrons. The first kappa shape index (κ1) is 12.1. The molecular weight excluding hydrogens is 266 g/mol. The van der Waals surface area contributed by atoms with Crippen LogP contribution in [0.15, 0.2) is 16.2 Å². The van der Waals surface area contributed by atoms with Gasteiger partial charge in [-0.05, 0) is 49.6 Å². The van der Waals surface area contributed by atoms with Crippen molar-refractivity contribution in [3.05, 3.63) is 26.6 Å². The highest BCUT2D eigenvalue weighted by atomic mass is 32.1. The van der Waals surface area contributed by atoms with Crippen molar-refractivity contribution in [3.63, 3.8) is 0 Å². The number of likely N-dealkylation sites (tertiary alicyclic amines) is 1. The first-order valence-corrected chi connectivity index (χ1v) is 7.47. The molecule has 0 spiro atoms. The summed E-state index contributed by atoms with van der Waals surface area (Å²) in [4.78, 5) is 17.8. The van der Waals surface area contributed by atoms with Crippen LogP contribution in [0.5, 0.6) is 0 Å². The highest BCUT2D eigenvalue weighted by Crippen LogP contribution is 2.14. The zero-order valence-electron chi connectivity index (χ0n) is 10.0. The van der Waals surface area contributed by atoms with Gasteiger partial charge in [0.1, 0.15) is 4.70 Å². The molecule has 0 aromatic carbocycles. The minimum atomic E-state index is 0.0444. The van der Waals surface area contributed by atoms with Crippen molar-refractivity contribution in [2.75, 3.05) is 19.6 Å². The summed E-state index contributed by atoms with van der Waals surface area (Å²) in [5.41, 5.74) is 0.898. The zero-order chi connectivity index (χ0) is 12.5. The van der Waals surface area contributed by atoms with E-state index in [1.807, 2.05) is 11.4 Å². The van der Waals surface area contributed by atoms with Gasteiger partial charge in [-0.1, -0.05) is 0 Å². The Morgan fingerprint density at radius 2 is 2.11 bits per heavy atom. The topological polar surface area (TPSA) is 41.0 Å². The lowest BCUT2D eigenvalue weighted by Gasteiger charge is -2.15. The number of hydrogen-bond acceptors (Lipinski definition) is 4. The molecule has 1 fully saturated rings. The molecule has 0 aliphatic carbocycles. The lowest BCUT2D eigenvalue weighted by molar-refractivity contribution is 0.319. The van der Waals surface area contributed by atoms with E-state index in [1.54, 1.807) is 4.57 Å². The molecular formula is C12H15N3OS2. The van der Waals surface area contributed by atoms with Gasteiger partial charge in [-0.15, -0.1) is 11.3 Å². The quantitative estimate of drug-likeness (QED) is 0.877. The summed E-state index contributed by atoms with van der Waals surface area (Å²) < 4.78 is 2.99. The molecule has 0 bridgehead atoms. The van der Waals surface area contributed by atoms with Crippen LogP contribution in [0.4, 0.5) is 0 Å². The summed E-state index contributed by atoms with van der Waals surface area (Å²) in [7, 11) is 0. The summed E-state index contributed by atoms with van der Waals surface area (Å²) in [6, 6.07) is 1.90. The number of aromatic amines is 1. The second kappa shape index (κ2) is 4.95. The second-order valence-electron chi connectivity index (χ2n) is 4.60. The Morgan fingerprint density at radius 3 is 2.89 bits per heavy atom. The molecule has 2 aromatic heterocycles. The number of H-pyrrole nitrogens is 1. The van der Waals surface area contributed by atoms with Gasteiger partial charge in [0.25, 0.3) is 5.56 Å². The maximum Gasteiger partial charge on any atom is 0.272 e. The van der Waals surface area contributed by atoms with Gasteiger partial charge in [0, 0.05) is 13.1 Å². The van der Waals surface area contributed by atoms with E-state index >= 15 is 0 Å². The highest BCUT2D eigenvalue weighted by Gasteiger charge is 2.12. The molecule has 1 aliphatic rings. The van der Waals surface area contributed by atoms with Gasteiger partial charge < -0.3 is 9.88 Å². The van der Waals surface area contributed by atoms with Crippen LogP contribution in [0.3, 0.4) is 0 Å². The van der Waals surface area contributed by atoms with Crippen LogP contribution in [0.1, 0.15) is 12.8 Å². The van der Waals surface area contributed by atoms with Crippen molar-refractivity contribution in [2.24, 2.45) is 0 Å². The van der Waals surface area contributed by atoms with Gasteiger partial charge in [0.05, 0.1) is 5.52 Å². The third-order valence-electron chi connectivity index (χ3n) is 3.43. The van der Waals surface area contributed by atoms with E-state index in [2.05, 4.69) is 9.88 Å². The number of hydrogen-bond donors (Lipinski definition) is 1. The molecule has 6 heteroatoms. The third-order valence-corrected chi connectivity index (χ3v) is 4.65. The SMILES string of the molecule is O=c1c2sccc2[nH]c(=S)n1CCN1CCCC1. The monoisotopic (exact) mass is 281 g/mol.